The van der Waals surface area contributed by atoms with Gasteiger partial charge in [0.1, 0.15) is 5.84 Å². The third kappa shape index (κ3) is 2.97. The van der Waals surface area contributed by atoms with Crippen molar-refractivity contribution >= 4 is 33.8 Å². The Balaban J connectivity index is 1.57. The summed E-state index contributed by atoms with van der Waals surface area (Å²) in [7, 11) is 2.22. The number of benzene rings is 1. The minimum absolute atomic E-state index is 0.456. The number of nitrogens with zero attached hydrogens (tertiary/aromatic N) is 1. The molecule has 124 valence electrons. The van der Waals surface area contributed by atoms with Crippen molar-refractivity contribution in [1.82, 2.24) is 9.88 Å². The van der Waals surface area contributed by atoms with Gasteiger partial charge in [0.2, 0.25) is 0 Å². The molecular formula is C19H22N4S. The Labute approximate surface area is 146 Å². The van der Waals surface area contributed by atoms with Gasteiger partial charge in [0.15, 0.2) is 0 Å². The van der Waals surface area contributed by atoms with E-state index in [0.29, 0.717) is 11.9 Å². The second kappa shape index (κ2) is 6.42. The Morgan fingerprint density at radius 2 is 2.33 bits per heavy atom. The molecule has 0 radical (unpaired) electrons. The van der Waals surface area contributed by atoms with Crippen molar-refractivity contribution in [1.29, 1.82) is 5.41 Å². The smallest absolute Gasteiger partial charge is 0.140 e. The van der Waals surface area contributed by atoms with Crippen molar-refractivity contribution in [3.05, 3.63) is 52.3 Å². The van der Waals surface area contributed by atoms with Crippen molar-refractivity contribution in [2.45, 2.75) is 25.3 Å². The molecule has 24 heavy (non-hydrogen) atoms. The van der Waals surface area contributed by atoms with Crippen LogP contribution in [0.15, 0.2) is 41.9 Å². The maximum absolute atomic E-state index is 8.20. The second-order valence-corrected chi connectivity index (χ2v) is 7.48. The number of anilines is 1. The Kier molecular flexibility index (Phi) is 4.12. The summed E-state index contributed by atoms with van der Waals surface area (Å²) in [5, 5.41) is 14.7. The highest BCUT2D eigenvalue weighted by Gasteiger charge is 2.22. The summed E-state index contributed by atoms with van der Waals surface area (Å²) < 4.78 is 0. The second-order valence-electron chi connectivity index (χ2n) is 6.53. The first-order valence-electron chi connectivity index (χ1n) is 8.40. The number of likely N-dealkylation sites (tertiary alicyclic amines) is 1. The molecular weight excluding hydrogens is 316 g/mol. The molecule has 1 saturated heterocycles. The van der Waals surface area contributed by atoms with E-state index in [-0.39, 0.29) is 0 Å². The fourth-order valence-corrected chi connectivity index (χ4v) is 4.17. The van der Waals surface area contributed by atoms with Gasteiger partial charge in [-0.2, -0.15) is 0 Å². The van der Waals surface area contributed by atoms with E-state index in [1.165, 1.54) is 35.9 Å². The number of thiophene rings is 1. The molecule has 4 rings (SSSR count). The predicted molar refractivity (Wildman–Crippen MR) is 102 cm³/mol. The molecule has 0 amide bonds. The number of fused-ring (bicyclic) bond motifs is 1. The summed E-state index contributed by atoms with van der Waals surface area (Å²) in [6, 6.07) is 10.9. The fraction of sp³-hybridized carbons (Fsp3) is 0.316. The first kappa shape index (κ1) is 15.4. The molecule has 0 aliphatic carbocycles. The van der Waals surface area contributed by atoms with Crippen LogP contribution in [0.1, 0.15) is 23.3 Å². The molecule has 1 atom stereocenters. The monoisotopic (exact) mass is 338 g/mol. The van der Waals surface area contributed by atoms with Crippen LogP contribution in [0.25, 0.3) is 10.9 Å². The molecule has 3 aromatic rings. The molecule has 3 N–H and O–H groups in total. The average molecular weight is 338 g/mol. The van der Waals surface area contributed by atoms with Crippen LogP contribution in [-0.4, -0.2) is 35.4 Å². The lowest BCUT2D eigenvalue weighted by Gasteiger charge is -2.18. The number of rotatable bonds is 4. The lowest BCUT2D eigenvalue weighted by molar-refractivity contribution is 0.310. The normalized spacial score (nSPS) is 18.3. The SMILES string of the molecule is CN1CCC[C@H]1Cc1c[nH]c2ccc(NC(=N)c3cccs3)cc12. The van der Waals surface area contributed by atoms with Crippen molar-refractivity contribution < 1.29 is 0 Å². The Hall–Kier alpha value is -2.11. The Bertz CT molecular complexity index is 850. The zero-order valence-electron chi connectivity index (χ0n) is 13.8. The van der Waals surface area contributed by atoms with Gasteiger partial charge in [0.05, 0.1) is 4.88 Å². The number of aromatic nitrogens is 1. The van der Waals surface area contributed by atoms with Crippen LogP contribution < -0.4 is 5.32 Å². The first-order valence-corrected chi connectivity index (χ1v) is 9.28. The van der Waals surface area contributed by atoms with Gasteiger partial charge >= 0.3 is 0 Å². The number of amidine groups is 1. The summed E-state index contributed by atoms with van der Waals surface area (Å²) in [6.45, 7) is 1.21. The molecule has 0 saturated carbocycles. The zero-order chi connectivity index (χ0) is 16.5. The minimum Gasteiger partial charge on any atom is -0.361 e. The number of nitrogens with one attached hydrogen (secondary N) is 3. The highest BCUT2D eigenvalue weighted by Crippen LogP contribution is 2.27. The largest absolute Gasteiger partial charge is 0.361 e. The molecule has 1 aromatic carbocycles. The van der Waals surface area contributed by atoms with Gasteiger partial charge in [-0.3, -0.25) is 5.41 Å². The summed E-state index contributed by atoms with van der Waals surface area (Å²) in [6.07, 6.45) is 5.81. The molecule has 0 bridgehead atoms. The first-order chi connectivity index (χ1) is 11.7. The standard InChI is InChI=1S/C19H22N4S/c1-23-8-2-4-15(23)10-13-12-21-17-7-6-14(11-16(13)17)22-19(20)18-5-3-9-24-18/h3,5-7,9,11-12,15,21H,2,4,8,10H2,1H3,(H2,20,22)/t15-/m0/s1. The van der Waals surface area contributed by atoms with E-state index in [4.69, 9.17) is 5.41 Å². The van der Waals surface area contributed by atoms with Crippen LogP contribution in [0.3, 0.4) is 0 Å². The van der Waals surface area contributed by atoms with E-state index in [1.807, 2.05) is 23.6 Å². The van der Waals surface area contributed by atoms with E-state index in [0.717, 1.165) is 17.0 Å². The minimum atomic E-state index is 0.456. The summed E-state index contributed by atoms with van der Waals surface area (Å²) in [4.78, 5) is 6.81. The number of aromatic amines is 1. The van der Waals surface area contributed by atoms with Gasteiger partial charge in [-0.15, -0.1) is 11.3 Å². The summed E-state index contributed by atoms with van der Waals surface area (Å²) in [5.74, 6) is 0.456. The van der Waals surface area contributed by atoms with Gasteiger partial charge in [-0.1, -0.05) is 6.07 Å². The van der Waals surface area contributed by atoms with E-state index >= 15 is 0 Å². The molecule has 5 heteroatoms. The van der Waals surface area contributed by atoms with Crippen LogP contribution in [-0.2, 0) is 6.42 Å². The van der Waals surface area contributed by atoms with E-state index in [1.54, 1.807) is 11.3 Å². The highest BCUT2D eigenvalue weighted by atomic mass is 32.1. The third-order valence-corrected chi connectivity index (χ3v) is 5.82. The maximum Gasteiger partial charge on any atom is 0.140 e. The van der Waals surface area contributed by atoms with Crippen molar-refractivity contribution in [2.24, 2.45) is 0 Å². The number of hydrogen-bond acceptors (Lipinski definition) is 3. The number of likely N-dealkylation sites (N-methyl/N-ethyl adjacent to an activating group) is 1. The quantitative estimate of drug-likeness (QED) is 0.490. The molecule has 3 heterocycles. The molecule has 2 aromatic heterocycles. The van der Waals surface area contributed by atoms with Crippen molar-refractivity contribution in [3.8, 4) is 0 Å². The fourth-order valence-electron chi connectivity index (χ4n) is 3.54. The van der Waals surface area contributed by atoms with Crippen LogP contribution in [0.4, 0.5) is 5.69 Å². The maximum atomic E-state index is 8.20. The highest BCUT2D eigenvalue weighted by molar-refractivity contribution is 7.12. The molecule has 1 aliphatic rings. The molecule has 4 nitrogen and oxygen atoms in total. The topological polar surface area (TPSA) is 54.9 Å². The molecule has 1 aliphatic heterocycles. The van der Waals surface area contributed by atoms with Crippen molar-refractivity contribution in [2.75, 3.05) is 18.9 Å². The van der Waals surface area contributed by atoms with E-state index < -0.39 is 0 Å². The zero-order valence-corrected chi connectivity index (χ0v) is 14.6. The lowest BCUT2D eigenvalue weighted by atomic mass is 10.0. The van der Waals surface area contributed by atoms with Gasteiger partial charge in [0.25, 0.3) is 0 Å². The third-order valence-electron chi connectivity index (χ3n) is 4.93. The van der Waals surface area contributed by atoms with Gasteiger partial charge in [0, 0.05) is 28.8 Å². The van der Waals surface area contributed by atoms with Crippen molar-refractivity contribution in [3.63, 3.8) is 0 Å². The average Bonchev–Trinajstić information content (AvgIpc) is 3.31. The van der Waals surface area contributed by atoms with E-state index in [2.05, 4.69) is 40.6 Å². The van der Waals surface area contributed by atoms with Crippen LogP contribution in [0, 0.1) is 5.41 Å². The van der Waals surface area contributed by atoms with Crippen LogP contribution >= 0.6 is 11.3 Å². The number of H-pyrrole nitrogens is 1. The van der Waals surface area contributed by atoms with Gasteiger partial charge in [-0.05, 0) is 68.1 Å². The van der Waals surface area contributed by atoms with E-state index in [9.17, 15) is 0 Å². The summed E-state index contributed by atoms with van der Waals surface area (Å²) in [5.41, 5.74) is 3.51. The van der Waals surface area contributed by atoms with Gasteiger partial charge < -0.3 is 15.2 Å². The Morgan fingerprint density at radius 3 is 3.08 bits per heavy atom. The van der Waals surface area contributed by atoms with Gasteiger partial charge in [-0.25, -0.2) is 0 Å². The number of hydrogen-bond donors (Lipinski definition) is 3. The summed E-state index contributed by atoms with van der Waals surface area (Å²) >= 11 is 1.58. The molecule has 0 spiro atoms. The van der Waals surface area contributed by atoms with Crippen LogP contribution in [0.2, 0.25) is 0 Å². The Morgan fingerprint density at radius 1 is 1.42 bits per heavy atom. The van der Waals surface area contributed by atoms with Crippen LogP contribution in [0.5, 0.6) is 0 Å². The predicted octanol–water partition coefficient (Wildman–Crippen LogP) is 4.30. The molecule has 1 fully saturated rings. The molecule has 0 unspecified atom stereocenters. The lowest BCUT2D eigenvalue weighted by Crippen LogP contribution is -2.26.